The Hall–Kier alpha value is -2.48. The van der Waals surface area contributed by atoms with Gasteiger partial charge < -0.3 is 14.6 Å². The minimum absolute atomic E-state index is 0.0220. The number of morpholine rings is 1. The van der Waals surface area contributed by atoms with Crippen molar-refractivity contribution in [3.05, 3.63) is 38.9 Å². The fourth-order valence-electron chi connectivity index (χ4n) is 2.87. The Balaban J connectivity index is 2.17. The van der Waals surface area contributed by atoms with E-state index in [-0.39, 0.29) is 28.8 Å². The van der Waals surface area contributed by atoms with Crippen LogP contribution in [0.15, 0.2) is 23.3 Å². The summed E-state index contributed by atoms with van der Waals surface area (Å²) in [5, 5.41) is 11.6. The highest BCUT2D eigenvalue weighted by molar-refractivity contribution is 5.87. The Labute approximate surface area is 125 Å². The molecule has 2 unspecified atom stereocenters. The second-order valence-corrected chi connectivity index (χ2v) is 5.51. The van der Waals surface area contributed by atoms with E-state index in [0.29, 0.717) is 24.3 Å². The van der Waals surface area contributed by atoms with Gasteiger partial charge in [-0.2, -0.15) is 0 Å². The third kappa shape index (κ3) is 2.52. The fourth-order valence-corrected chi connectivity index (χ4v) is 2.87. The Bertz CT molecular complexity index is 778. The standard InChI is InChI=1S/C14H16N4O4/c1-8-5-17(6-9(2)22-8)12-4-11-10(3-13(12)18(20)21)14(19)16-7-15-11/h3-4,7-9H,5-6H2,1-2H3,(H,15,16,19). The summed E-state index contributed by atoms with van der Waals surface area (Å²) in [7, 11) is 0. The Kier molecular flexibility index (Phi) is 3.53. The number of nitro benzene ring substituents is 1. The van der Waals surface area contributed by atoms with Gasteiger partial charge in [0, 0.05) is 19.2 Å². The summed E-state index contributed by atoms with van der Waals surface area (Å²) in [6, 6.07) is 2.90. The van der Waals surface area contributed by atoms with Crippen molar-refractivity contribution >= 4 is 22.3 Å². The molecule has 2 atom stereocenters. The summed E-state index contributed by atoms with van der Waals surface area (Å²) in [6.07, 6.45) is 1.25. The maximum absolute atomic E-state index is 11.8. The van der Waals surface area contributed by atoms with E-state index in [0.717, 1.165) is 0 Å². The molecular formula is C14H16N4O4. The van der Waals surface area contributed by atoms with Crippen molar-refractivity contribution in [3.8, 4) is 0 Å². The summed E-state index contributed by atoms with van der Waals surface area (Å²) in [4.78, 5) is 31.2. The molecule has 0 aliphatic carbocycles. The van der Waals surface area contributed by atoms with Crippen LogP contribution in [0.25, 0.3) is 10.9 Å². The molecule has 2 heterocycles. The topological polar surface area (TPSA) is 101 Å². The molecule has 8 heteroatoms. The second kappa shape index (κ2) is 5.38. The first-order valence-electron chi connectivity index (χ1n) is 7.02. The predicted octanol–water partition coefficient (Wildman–Crippen LogP) is 1.44. The smallest absolute Gasteiger partial charge is 0.293 e. The molecular weight excluding hydrogens is 288 g/mol. The number of hydrogen-bond donors (Lipinski definition) is 1. The molecule has 1 aliphatic rings. The van der Waals surface area contributed by atoms with Crippen LogP contribution in [0.2, 0.25) is 0 Å². The van der Waals surface area contributed by atoms with Crippen molar-refractivity contribution in [1.82, 2.24) is 9.97 Å². The summed E-state index contributed by atoms with van der Waals surface area (Å²) in [6.45, 7) is 4.97. The van der Waals surface area contributed by atoms with Gasteiger partial charge in [0.25, 0.3) is 11.2 Å². The van der Waals surface area contributed by atoms with Crippen LogP contribution in [0, 0.1) is 10.1 Å². The Morgan fingerprint density at radius 2 is 2.05 bits per heavy atom. The molecule has 22 heavy (non-hydrogen) atoms. The lowest BCUT2D eigenvalue weighted by molar-refractivity contribution is -0.384. The summed E-state index contributed by atoms with van der Waals surface area (Å²) < 4.78 is 5.66. The molecule has 1 saturated heterocycles. The van der Waals surface area contributed by atoms with Gasteiger partial charge in [-0.15, -0.1) is 0 Å². The zero-order valence-electron chi connectivity index (χ0n) is 12.3. The van der Waals surface area contributed by atoms with Crippen LogP contribution >= 0.6 is 0 Å². The summed E-state index contributed by atoms with van der Waals surface area (Å²) >= 11 is 0. The van der Waals surface area contributed by atoms with Crippen LogP contribution in [-0.4, -0.2) is 40.2 Å². The molecule has 3 rings (SSSR count). The largest absolute Gasteiger partial charge is 0.372 e. The first-order valence-corrected chi connectivity index (χ1v) is 7.02. The molecule has 1 aromatic heterocycles. The summed E-state index contributed by atoms with van der Waals surface area (Å²) in [5.74, 6) is 0. The number of aromatic nitrogens is 2. The maximum Gasteiger partial charge on any atom is 0.293 e. The zero-order valence-corrected chi connectivity index (χ0v) is 12.3. The average molecular weight is 304 g/mol. The van der Waals surface area contributed by atoms with E-state index >= 15 is 0 Å². The highest BCUT2D eigenvalue weighted by Gasteiger charge is 2.28. The first kappa shape index (κ1) is 14.5. The van der Waals surface area contributed by atoms with E-state index in [2.05, 4.69) is 9.97 Å². The minimum Gasteiger partial charge on any atom is -0.372 e. The lowest BCUT2D eigenvalue weighted by Gasteiger charge is -2.36. The van der Waals surface area contributed by atoms with E-state index in [1.165, 1.54) is 12.4 Å². The second-order valence-electron chi connectivity index (χ2n) is 5.51. The molecule has 1 aliphatic heterocycles. The molecule has 1 aromatic carbocycles. The Morgan fingerprint density at radius 3 is 2.68 bits per heavy atom. The van der Waals surface area contributed by atoms with Gasteiger partial charge in [0.2, 0.25) is 0 Å². The lowest BCUT2D eigenvalue weighted by Crippen LogP contribution is -2.45. The van der Waals surface area contributed by atoms with E-state index in [1.54, 1.807) is 6.07 Å². The zero-order chi connectivity index (χ0) is 15.9. The van der Waals surface area contributed by atoms with Gasteiger partial charge in [0.15, 0.2) is 0 Å². The molecule has 0 saturated carbocycles. The first-order chi connectivity index (χ1) is 10.5. The van der Waals surface area contributed by atoms with Crippen LogP contribution in [0.5, 0.6) is 0 Å². The number of nitro groups is 1. The number of anilines is 1. The van der Waals surface area contributed by atoms with Gasteiger partial charge >= 0.3 is 0 Å². The summed E-state index contributed by atoms with van der Waals surface area (Å²) in [5.41, 5.74) is 0.435. The van der Waals surface area contributed by atoms with E-state index in [4.69, 9.17) is 4.74 Å². The average Bonchev–Trinajstić information content (AvgIpc) is 2.45. The van der Waals surface area contributed by atoms with Crippen molar-refractivity contribution in [2.75, 3.05) is 18.0 Å². The van der Waals surface area contributed by atoms with Crippen molar-refractivity contribution in [2.24, 2.45) is 0 Å². The Morgan fingerprint density at radius 1 is 1.36 bits per heavy atom. The number of fused-ring (bicyclic) bond motifs is 1. The molecule has 1 fully saturated rings. The van der Waals surface area contributed by atoms with Crippen molar-refractivity contribution in [3.63, 3.8) is 0 Å². The van der Waals surface area contributed by atoms with Crippen molar-refractivity contribution in [1.29, 1.82) is 0 Å². The molecule has 0 bridgehead atoms. The minimum atomic E-state index is -0.466. The van der Waals surface area contributed by atoms with Crippen LogP contribution in [-0.2, 0) is 4.74 Å². The number of aromatic amines is 1. The predicted molar refractivity (Wildman–Crippen MR) is 81.2 cm³/mol. The highest BCUT2D eigenvalue weighted by atomic mass is 16.6. The normalized spacial score (nSPS) is 22.0. The third-order valence-corrected chi connectivity index (χ3v) is 3.69. The number of H-pyrrole nitrogens is 1. The van der Waals surface area contributed by atoms with Crippen LogP contribution in [0.1, 0.15) is 13.8 Å². The lowest BCUT2D eigenvalue weighted by atomic mass is 10.1. The van der Waals surface area contributed by atoms with E-state index in [1.807, 2.05) is 18.7 Å². The molecule has 2 aromatic rings. The van der Waals surface area contributed by atoms with E-state index in [9.17, 15) is 14.9 Å². The van der Waals surface area contributed by atoms with Gasteiger partial charge in [-0.3, -0.25) is 14.9 Å². The van der Waals surface area contributed by atoms with Gasteiger partial charge in [-0.25, -0.2) is 4.98 Å². The van der Waals surface area contributed by atoms with Gasteiger partial charge in [0.1, 0.15) is 5.69 Å². The van der Waals surface area contributed by atoms with Crippen LogP contribution in [0.3, 0.4) is 0 Å². The van der Waals surface area contributed by atoms with Crippen LogP contribution in [0.4, 0.5) is 11.4 Å². The number of nitrogens with zero attached hydrogens (tertiary/aromatic N) is 3. The van der Waals surface area contributed by atoms with Gasteiger partial charge in [-0.05, 0) is 19.9 Å². The molecule has 1 N–H and O–H groups in total. The number of hydrogen-bond acceptors (Lipinski definition) is 6. The van der Waals surface area contributed by atoms with Crippen LogP contribution < -0.4 is 10.5 Å². The number of rotatable bonds is 2. The molecule has 0 spiro atoms. The fraction of sp³-hybridized carbons (Fsp3) is 0.429. The number of benzene rings is 1. The van der Waals surface area contributed by atoms with Gasteiger partial charge in [-0.1, -0.05) is 0 Å². The van der Waals surface area contributed by atoms with Crippen molar-refractivity contribution < 1.29 is 9.66 Å². The van der Waals surface area contributed by atoms with Crippen molar-refractivity contribution in [2.45, 2.75) is 26.1 Å². The molecule has 0 radical (unpaired) electrons. The molecule has 8 nitrogen and oxygen atoms in total. The maximum atomic E-state index is 11.8. The molecule has 116 valence electrons. The number of ether oxygens (including phenoxy) is 1. The number of nitrogens with one attached hydrogen (secondary N) is 1. The molecule has 0 amide bonds. The van der Waals surface area contributed by atoms with E-state index < -0.39 is 4.92 Å². The third-order valence-electron chi connectivity index (χ3n) is 3.69. The monoisotopic (exact) mass is 304 g/mol. The highest BCUT2D eigenvalue weighted by Crippen LogP contribution is 2.33. The SMILES string of the molecule is CC1CN(c2cc3nc[nH]c(=O)c3cc2[N+](=O)[O-])CC(C)O1. The van der Waals surface area contributed by atoms with Gasteiger partial charge in [0.05, 0.1) is 34.4 Å². The quantitative estimate of drug-likeness (QED) is 0.665.